The van der Waals surface area contributed by atoms with Gasteiger partial charge in [0, 0.05) is 30.7 Å². The van der Waals surface area contributed by atoms with Crippen molar-refractivity contribution in [1.29, 1.82) is 0 Å². The van der Waals surface area contributed by atoms with Crippen molar-refractivity contribution >= 4 is 5.65 Å². The van der Waals surface area contributed by atoms with Crippen molar-refractivity contribution in [3.63, 3.8) is 0 Å². The van der Waals surface area contributed by atoms with E-state index in [-0.39, 0.29) is 11.6 Å². The lowest BCUT2D eigenvalue weighted by Crippen LogP contribution is -2.37. The molecule has 0 aromatic carbocycles. The van der Waals surface area contributed by atoms with Crippen LogP contribution >= 0.6 is 0 Å². The van der Waals surface area contributed by atoms with Gasteiger partial charge in [-0.3, -0.25) is 18.7 Å². The highest BCUT2D eigenvalue weighted by Crippen LogP contribution is 2.21. The number of rotatable bonds is 5. The predicted molar refractivity (Wildman–Crippen MR) is 102 cm³/mol. The van der Waals surface area contributed by atoms with Gasteiger partial charge in [0.2, 0.25) is 0 Å². The van der Waals surface area contributed by atoms with Gasteiger partial charge in [0.1, 0.15) is 6.33 Å². The number of likely N-dealkylation sites (tertiary alicyclic amines) is 1. The number of pyridine rings is 1. The Morgan fingerprint density at radius 2 is 2.07 bits per heavy atom. The fourth-order valence-corrected chi connectivity index (χ4v) is 3.79. The van der Waals surface area contributed by atoms with Crippen molar-refractivity contribution in [2.45, 2.75) is 32.0 Å². The first-order valence-corrected chi connectivity index (χ1v) is 9.37. The Bertz CT molecular complexity index is 1150. The third kappa shape index (κ3) is 3.09. The van der Waals surface area contributed by atoms with E-state index in [0.29, 0.717) is 18.9 Å². The van der Waals surface area contributed by atoms with E-state index in [2.05, 4.69) is 25.2 Å². The number of hydrogen-bond acceptors (Lipinski definition) is 6. The standard InChI is InChI=1S/C19H20N8O/c28-19-7-6-17(25-11-8-20-14-25)23-27(19)12-15-4-3-9-24(15)13-18-22-21-16-5-1-2-10-26(16)18/h1-2,5-8,10-11,14-15H,3-4,9,12-13H2. The monoisotopic (exact) mass is 376 g/mol. The highest BCUT2D eigenvalue weighted by molar-refractivity contribution is 5.37. The SMILES string of the molecule is O=c1ccc(-n2ccnc2)nn1CC1CCCN1Cc1nnc2ccccn12. The zero-order valence-corrected chi connectivity index (χ0v) is 15.3. The van der Waals surface area contributed by atoms with Gasteiger partial charge < -0.3 is 0 Å². The maximum atomic E-state index is 12.4. The first-order chi connectivity index (χ1) is 13.8. The molecule has 1 aliphatic rings. The van der Waals surface area contributed by atoms with Gasteiger partial charge >= 0.3 is 0 Å². The number of nitrogens with zero attached hydrogens (tertiary/aromatic N) is 8. The second kappa shape index (κ2) is 7.01. The normalized spacial score (nSPS) is 17.5. The summed E-state index contributed by atoms with van der Waals surface area (Å²) in [5.41, 5.74) is 0.753. The van der Waals surface area contributed by atoms with Gasteiger partial charge in [-0.1, -0.05) is 6.07 Å². The van der Waals surface area contributed by atoms with Crippen LogP contribution in [0.1, 0.15) is 18.7 Å². The van der Waals surface area contributed by atoms with E-state index in [4.69, 9.17) is 0 Å². The molecule has 0 N–H and O–H groups in total. The van der Waals surface area contributed by atoms with Gasteiger partial charge in [-0.05, 0) is 37.6 Å². The van der Waals surface area contributed by atoms with Gasteiger partial charge in [-0.25, -0.2) is 9.67 Å². The van der Waals surface area contributed by atoms with Crippen LogP contribution in [0.25, 0.3) is 11.5 Å². The lowest BCUT2D eigenvalue weighted by atomic mass is 10.2. The molecule has 142 valence electrons. The topological polar surface area (TPSA) is 86.1 Å². The van der Waals surface area contributed by atoms with Crippen molar-refractivity contribution in [1.82, 2.24) is 38.8 Å². The average molecular weight is 376 g/mol. The molecule has 9 heteroatoms. The molecule has 1 atom stereocenters. The summed E-state index contributed by atoms with van der Waals surface area (Å²) in [6.45, 7) is 2.23. The Balaban J connectivity index is 1.38. The molecule has 5 rings (SSSR count). The molecule has 1 aliphatic heterocycles. The molecule has 0 radical (unpaired) electrons. The summed E-state index contributed by atoms with van der Waals surface area (Å²) in [6.07, 6.45) is 9.29. The quantitative estimate of drug-likeness (QED) is 0.519. The van der Waals surface area contributed by atoms with Crippen LogP contribution in [0, 0.1) is 0 Å². The first kappa shape index (κ1) is 16.8. The largest absolute Gasteiger partial charge is 0.291 e. The van der Waals surface area contributed by atoms with E-state index < -0.39 is 0 Å². The molecule has 4 aromatic heterocycles. The third-order valence-electron chi connectivity index (χ3n) is 5.23. The van der Waals surface area contributed by atoms with E-state index in [1.807, 2.05) is 35.0 Å². The summed E-state index contributed by atoms with van der Waals surface area (Å²) in [5.74, 6) is 1.60. The molecule has 1 saturated heterocycles. The molecule has 4 aromatic rings. The zero-order valence-electron chi connectivity index (χ0n) is 15.3. The molecule has 0 saturated carbocycles. The van der Waals surface area contributed by atoms with Gasteiger partial charge in [0.05, 0.1) is 13.1 Å². The fraction of sp³-hybridized carbons (Fsp3) is 0.316. The van der Waals surface area contributed by atoms with E-state index in [1.54, 1.807) is 33.9 Å². The summed E-state index contributed by atoms with van der Waals surface area (Å²) >= 11 is 0. The van der Waals surface area contributed by atoms with Crippen LogP contribution in [0.15, 0.2) is 60.0 Å². The van der Waals surface area contributed by atoms with Crippen LogP contribution < -0.4 is 5.56 Å². The average Bonchev–Trinajstić information content (AvgIpc) is 3.46. The smallest absolute Gasteiger partial charge is 0.266 e. The van der Waals surface area contributed by atoms with Crippen LogP contribution in [0.2, 0.25) is 0 Å². The Labute approximate surface area is 160 Å². The summed E-state index contributed by atoms with van der Waals surface area (Å²) in [5, 5.41) is 13.1. The van der Waals surface area contributed by atoms with Crippen LogP contribution in [0.4, 0.5) is 0 Å². The molecule has 0 spiro atoms. The second-order valence-electron chi connectivity index (χ2n) is 6.99. The predicted octanol–water partition coefficient (Wildman–Crippen LogP) is 1.14. The maximum Gasteiger partial charge on any atom is 0.266 e. The molecule has 0 aliphatic carbocycles. The summed E-state index contributed by atoms with van der Waals surface area (Å²) in [6, 6.07) is 9.40. The highest BCUT2D eigenvalue weighted by atomic mass is 16.1. The van der Waals surface area contributed by atoms with E-state index >= 15 is 0 Å². The molecule has 1 fully saturated rings. The number of fused-ring (bicyclic) bond motifs is 1. The summed E-state index contributed by atoms with van der Waals surface area (Å²) in [7, 11) is 0. The molecule has 0 bridgehead atoms. The Hall–Kier alpha value is -3.33. The van der Waals surface area contributed by atoms with Gasteiger partial charge in [0.15, 0.2) is 17.3 Å². The first-order valence-electron chi connectivity index (χ1n) is 9.37. The highest BCUT2D eigenvalue weighted by Gasteiger charge is 2.27. The van der Waals surface area contributed by atoms with E-state index in [0.717, 1.165) is 30.9 Å². The fourth-order valence-electron chi connectivity index (χ4n) is 3.79. The van der Waals surface area contributed by atoms with Crippen LogP contribution in [-0.2, 0) is 13.1 Å². The lowest BCUT2D eigenvalue weighted by molar-refractivity contribution is 0.211. The van der Waals surface area contributed by atoms with Crippen molar-refractivity contribution in [2.75, 3.05) is 6.54 Å². The minimum absolute atomic E-state index is 0.0938. The van der Waals surface area contributed by atoms with Crippen molar-refractivity contribution in [3.05, 3.63) is 71.4 Å². The molecule has 28 heavy (non-hydrogen) atoms. The van der Waals surface area contributed by atoms with E-state index in [9.17, 15) is 4.79 Å². The van der Waals surface area contributed by atoms with Crippen molar-refractivity contribution in [2.24, 2.45) is 0 Å². The Morgan fingerprint density at radius 1 is 1.11 bits per heavy atom. The second-order valence-corrected chi connectivity index (χ2v) is 6.99. The molecule has 9 nitrogen and oxygen atoms in total. The molecular weight excluding hydrogens is 356 g/mol. The number of hydrogen-bond donors (Lipinski definition) is 0. The summed E-state index contributed by atoms with van der Waals surface area (Å²) in [4.78, 5) is 18.8. The maximum absolute atomic E-state index is 12.4. The van der Waals surface area contributed by atoms with Crippen molar-refractivity contribution in [3.8, 4) is 5.82 Å². The minimum atomic E-state index is -0.0938. The van der Waals surface area contributed by atoms with Crippen LogP contribution in [0.3, 0.4) is 0 Å². The van der Waals surface area contributed by atoms with Crippen molar-refractivity contribution < 1.29 is 0 Å². The van der Waals surface area contributed by atoms with E-state index in [1.165, 1.54) is 0 Å². The minimum Gasteiger partial charge on any atom is -0.291 e. The van der Waals surface area contributed by atoms with Crippen LogP contribution in [-0.4, -0.2) is 51.4 Å². The molecule has 0 amide bonds. The number of imidazole rings is 1. The molecule has 1 unspecified atom stereocenters. The zero-order chi connectivity index (χ0) is 18.9. The van der Waals surface area contributed by atoms with Gasteiger partial charge in [0.25, 0.3) is 5.56 Å². The third-order valence-corrected chi connectivity index (χ3v) is 5.23. The summed E-state index contributed by atoms with van der Waals surface area (Å²) < 4.78 is 5.37. The number of aromatic nitrogens is 7. The van der Waals surface area contributed by atoms with Gasteiger partial charge in [-0.15, -0.1) is 10.2 Å². The lowest BCUT2D eigenvalue weighted by Gasteiger charge is -2.24. The molecular formula is C19H20N8O. The Kier molecular flexibility index (Phi) is 4.21. The Morgan fingerprint density at radius 3 is 2.96 bits per heavy atom. The molecule has 5 heterocycles. The van der Waals surface area contributed by atoms with Gasteiger partial charge in [-0.2, -0.15) is 5.10 Å². The van der Waals surface area contributed by atoms with Crippen LogP contribution in [0.5, 0.6) is 0 Å².